The molecule has 0 N–H and O–H groups in total. The van der Waals surface area contributed by atoms with E-state index in [9.17, 15) is 14.9 Å². The first-order chi connectivity index (χ1) is 8.59. The molecule has 0 unspecified atom stereocenters. The Hall–Kier alpha value is -2.35. The van der Waals surface area contributed by atoms with Crippen molar-refractivity contribution < 1.29 is 14.5 Å². The Labute approximate surface area is 105 Å². The third kappa shape index (κ3) is 2.33. The van der Waals surface area contributed by atoms with E-state index in [4.69, 9.17) is 4.74 Å². The topological polar surface area (TPSA) is 95.2 Å². The molecule has 0 saturated heterocycles. The summed E-state index contributed by atoms with van der Waals surface area (Å²) in [6, 6.07) is 5.67. The van der Waals surface area contributed by atoms with Gasteiger partial charge in [0.05, 0.1) is 10.6 Å². The minimum Gasteiger partial charge on any atom is -0.415 e. The molecule has 0 aliphatic rings. The van der Waals surface area contributed by atoms with Gasteiger partial charge in [-0.15, -0.1) is 5.10 Å². The number of hydrogen-bond acceptors (Lipinski definition) is 7. The number of carbonyl (C=O) groups excluding carboxylic acids is 1. The van der Waals surface area contributed by atoms with E-state index in [1.165, 1.54) is 18.2 Å². The molecule has 2 aromatic rings. The van der Waals surface area contributed by atoms with E-state index in [1.807, 2.05) is 0 Å². The van der Waals surface area contributed by atoms with Crippen LogP contribution in [0.2, 0.25) is 0 Å². The van der Waals surface area contributed by atoms with Crippen molar-refractivity contribution in [2.24, 2.45) is 0 Å². The number of esters is 1. The van der Waals surface area contributed by atoms with Crippen LogP contribution in [0, 0.1) is 17.0 Å². The highest BCUT2D eigenvalue weighted by Crippen LogP contribution is 2.27. The number of nitro groups is 1. The molecule has 0 amide bonds. The summed E-state index contributed by atoms with van der Waals surface area (Å²) in [6.45, 7) is 1.61. The molecule has 8 heteroatoms. The molecule has 92 valence electrons. The Morgan fingerprint density at radius 3 is 2.78 bits per heavy atom. The van der Waals surface area contributed by atoms with E-state index in [0.717, 1.165) is 11.5 Å². The largest absolute Gasteiger partial charge is 0.415 e. The molecule has 0 aliphatic carbocycles. The zero-order chi connectivity index (χ0) is 13.1. The van der Waals surface area contributed by atoms with Gasteiger partial charge in [-0.05, 0) is 24.5 Å². The van der Waals surface area contributed by atoms with Crippen molar-refractivity contribution in [2.45, 2.75) is 6.92 Å². The first-order valence-electron chi connectivity index (χ1n) is 4.84. The van der Waals surface area contributed by atoms with Gasteiger partial charge in [0.25, 0.3) is 0 Å². The van der Waals surface area contributed by atoms with Crippen LogP contribution in [0.3, 0.4) is 0 Å². The lowest BCUT2D eigenvalue weighted by molar-refractivity contribution is -0.385. The fraction of sp³-hybridized carbons (Fsp3) is 0.100. The summed E-state index contributed by atoms with van der Waals surface area (Å²) < 4.78 is 8.58. The van der Waals surface area contributed by atoms with E-state index in [2.05, 4.69) is 9.59 Å². The molecule has 0 fully saturated rings. The summed E-state index contributed by atoms with van der Waals surface area (Å²) in [5.74, 6) is -0.794. The number of hydrogen-bond donors (Lipinski definition) is 0. The molecule has 7 nitrogen and oxygen atoms in total. The van der Waals surface area contributed by atoms with Crippen molar-refractivity contribution >= 4 is 23.2 Å². The fourth-order valence-corrected chi connectivity index (χ4v) is 1.79. The van der Waals surface area contributed by atoms with E-state index >= 15 is 0 Å². The second-order valence-corrected chi connectivity index (χ2v) is 4.06. The van der Waals surface area contributed by atoms with Crippen molar-refractivity contribution in [1.82, 2.24) is 9.59 Å². The van der Waals surface area contributed by atoms with E-state index in [-0.39, 0.29) is 16.3 Å². The minimum atomic E-state index is -0.697. The molecule has 1 heterocycles. The smallest absolute Gasteiger partial charge is 0.357 e. The number of aromatic nitrogens is 2. The van der Waals surface area contributed by atoms with Gasteiger partial charge < -0.3 is 4.74 Å². The SMILES string of the molecule is Cc1nnsc1C(=O)Oc1ccccc1[N+](=O)[O-]. The Kier molecular flexibility index (Phi) is 3.28. The third-order valence-electron chi connectivity index (χ3n) is 2.10. The molecule has 18 heavy (non-hydrogen) atoms. The number of ether oxygens (including phenoxy) is 1. The van der Waals surface area contributed by atoms with Crippen LogP contribution in [0.4, 0.5) is 5.69 Å². The number of aryl methyl sites for hydroxylation is 1. The second kappa shape index (κ2) is 4.88. The minimum absolute atomic E-state index is 0.0969. The predicted molar refractivity (Wildman–Crippen MR) is 62.7 cm³/mol. The summed E-state index contributed by atoms with van der Waals surface area (Å²) in [7, 11) is 0. The van der Waals surface area contributed by atoms with Gasteiger partial charge >= 0.3 is 11.7 Å². The van der Waals surface area contributed by atoms with Crippen LogP contribution < -0.4 is 4.74 Å². The Morgan fingerprint density at radius 1 is 1.44 bits per heavy atom. The molecule has 0 bridgehead atoms. The van der Waals surface area contributed by atoms with Gasteiger partial charge in [0.15, 0.2) is 4.88 Å². The molecular weight excluding hydrogens is 258 g/mol. The Balaban J connectivity index is 2.28. The maximum absolute atomic E-state index is 11.8. The lowest BCUT2D eigenvalue weighted by Crippen LogP contribution is -2.09. The maximum Gasteiger partial charge on any atom is 0.357 e. The molecule has 2 rings (SSSR count). The monoisotopic (exact) mass is 265 g/mol. The zero-order valence-electron chi connectivity index (χ0n) is 9.19. The van der Waals surface area contributed by atoms with Crippen molar-refractivity contribution in [1.29, 1.82) is 0 Å². The van der Waals surface area contributed by atoms with Crippen molar-refractivity contribution in [3.05, 3.63) is 45.0 Å². The van der Waals surface area contributed by atoms with Crippen LogP contribution in [-0.4, -0.2) is 20.5 Å². The summed E-state index contributed by atoms with van der Waals surface area (Å²) in [5.41, 5.74) is 0.171. The lowest BCUT2D eigenvalue weighted by Gasteiger charge is -2.02. The number of benzene rings is 1. The zero-order valence-corrected chi connectivity index (χ0v) is 10.0. The number of carbonyl (C=O) groups is 1. The number of nitro benzene ring substituents is 1. The fourth-order valence-electron chi connectivity index (χ4n) is 1.26. The van der Waals surface area contributed by atoms with Crippen molar-refractivity contribution in [3.8, 4) is 5.75 Å². The summed E-state index contributed by atoms with van der Waals surface area (Å²) in [5, 5.41) is 14.4. The first-order valence-corrected chi connectivity index (χ1v) is 5.61. The molecule has 0 aliphatic heterocycles. The van der Waals surface area contributed by atoms with Crippen molar-refractivity contribution in [2.75, 3.05) is 0 Å². The van der Waals surface area contributed by atoms with Gasteiger partial charge in [-0.1, -0.05) is 16.6 Å². The predicted octanol–water partition coefficient (Wildman–Crippen LogP) is 1.97. The van der Waals surface area contributed by atoms with Gasteiger partial charge in [0.1, 0.15) is 0 Å². The standard InChI is InChI=1S/C10H7N3O4S/c1-6-9(18-12-11-6)10(14)17-8-5-3-2-4-7(8)13(15)16/h2-5H,1H3. The van der Waals surface area contributed by atoms with E-state index < -0.39 is 10.9 Å². The molecule has 0 radical (unpaired) electrons. The Morgan fingerprint density at radius 2 is 2.17 bits per heavy atom. The van der Waals surface area contributed by atoms with Gasteiger partial charge in [-0.2, -0.15) is 0 Å². The normalized spacial score (nSPS) is 10.1. The Bertz CT molecular complexity index is 611. The molecular formula is C10H7N3O4S. The number of rotatable bonds is 3. The maximum atomic E-state index is 11.8. The molecule has 0 atom stereocenters. The van der Waals surface area contributed by atoms with Crippen molar-refractivity contribution in [3.63, 3.8) is 0 Å². The van der Waals surface area contributed by atoms with Crippen LogP contribution in [0.1, 0.15) is 15.4 Å². The van der Waals surface area contributed by atoms with Gasteiger partial charge in [-0.3, -0.25) is 10.1 Å². The lowest BCUT2D eigenvalue weighted by atomic mass is 10.3. The highest BCUT2D eigenvalue weighted by atomic mass is 32.1. The molecule has 0 spiro atoms. The molecule has 0 saturated carbocycles. The van der Waals surface area contributed by atoms with Gasteiger partial charge in [0.2, 0.25) is 5.75 Å². The number of para-hydroxylation sites is 2. The van der Waals surface area contributed by atoms with Crippen LogP contribution >= 0.6 is 11.5 Å². The average molecular weight is 265 g/mol. The van der Waals surface area contributed by atoms with Gasteiger partial charge in [-0.25, -0.2) is 4.79 Å². The third-order valence-corrected chi connectivity index (χ3v) is 2.91. The summed E-state index contributed by atoms with van der Waals surface area (Å²) >= 11 is 0.886. The van der Waals surface area contributed by atoms with Crippen LogP contribution in [0.15, 0.2) is 24.3 Å². The summed E-state index contributed by atoms with van der Waals surface area (Å²) in [6.07, 6.45) is 0. The van der Waals surface area contributed by atoms with E-state index in [0.29, 0.717) is 5.69 Å². The number of nitrogens with zero attached hydrogens (tertiary/aromatic N) is 3. The highest BCUT2D eigenvalue weighted by molar-refractivity contribution is 7.07. The first kappa shape index (κ1) is 12.1. The summed E-state index contributed by atoms with van der Waals surface area (Å²) in [4.78, 5) is 22.1. The van der Waals surface area contributed by atoms with Gasteiger partial charge in [0, 0.05) is 6.07 Å². The quantitative estimate of drug-likeness (QED) is 0.364. The van der Waals surface area contributed by atoms with Crippen LogP contribution in [-0.2, 0) is 0 Å². The second-order valence-electron chi connectivity index (χ2n) is 3.30. The van der Waals surface area contributed by atoms with Crippen LogP contribution in [0.5, 0.6) is 5.75 Å². The molecule has 1 aromatic heterocycles. The van der Waals surface area contributed by atoms with Crippen LogP contribution in [0.25, 0.3) is 0 Å². The highest BCUT2D eigenvalue weighted by Gasteiger charge is 2.20. The van der Waals surface area contributed by atoms with E-state index in [1.54, 1.807) is 13.0 Å². The molecule has 1 aromatic carbocycles. The average Bonchev–Trinajstić information content (AvgIpc) is 2.76.